The van der Waals surface area contributed by atoms with Gasteiger partial charge in [0.2, 0.25) is 5.91 Å². The van der Waals surface area contributed by atoms with Crippen molar-refractivity contribution in [2.24, 2.45) is 0 Å². The number of aromatic nitrogens is 2. The summed E-state index contributed by atoms with van der Waals surface area (Å²) in [6.45, 7) is 9.98. The quantitative estimate of drug-likeness (QED) is 0.749. The Morgan fingerprint density at radius 2 is 1.80 bits per heavy atom. The summed E-state index contributed by atoms with van der Waals surface area (Å²) in [5.41, 5.74) is 3.93. The van der Waals surface area contributed by atoms with Gasteiger partial charge in [-0.15, -0.1) is 0 Å². The first-order valence-corrected chi connectivity index (χ1v) is 11.3. The van der Waals surface area contributed by atoms with Crippen molar-refractivity contribution in [1.82, 2.24) is 24.5 Å². The van der Waals surface area contributed by atoms with Gasteiger partial charge in [-0.1, -0.05) is 11.6 Å². The van der Waals surface area contributed by atoms with Gasteiger partial charge in [0.15, 0.2) is 0 Å². The molecule has 2 aliphatic heterocycles. The van der Waals surface area contributed by atoms with E-state index in [1.165, 1.54) is 19.4 Å². The lowest BCUT2D eigenvalue weighted by Crippen LogP contribution is -2.55. The van der Waals surface area contributed by atoms with Crippen LogP contribution in [0.2, 0.25) is 5.02 Å². The molecule has 2 fully saturated rings. The minimum absolute atomic E-state index is 0.206. The first kappa shape index (κ1) is 21.3. The number of carbonyl (C=O) groups excluding carboxylic acids is 1. The summed E-state index contributed by atoms with van der Waals surface area (Å²) >= 11 is 6.01. The normalized spacial score (nSPS) is 21.2. The molecule has 2 saturated heterocycles. The number of aryl methyl sites for hydroxylation is 1. The topological polar surface area (TPSA) is 44.6 Å². The molecule has 0 saturated carbocycles. The van der Waals surface area contributed by atoms with Gasteiger partial charge in [0.25, 0.3) is 0 Å². The van der Waals surface area contributed by atoms with E-state index >= 15 is 0 Å². The highest BCUT2D eigenvalue weighted by molar-refractivity contribution is 6.30. The lowest BCUT2D eigenvalue weighted by atomic mass is 10.0. The van der Waals surface area contributed by atoms with Gasteiger partial charge in [0, 0.05) is 55.0 Å². The smallest absolute Gasteiger partial charge is 0.227 e. The number of hydrogen-bond acceptors (Lipinski definition) is 4. The third-order valence-corrected chi connectivity index (χ3v) is 6.88. The molecular weight excluding hydrogens is 398 g/mol. The summed E-state index contributed by atoms with van der Waals surface area (Å²) in [5.74, 6) is 0.206. The molecule has 3 heterocycles. The van der Waals surface area contributed by atoms with E-state index in [9.17, 15) is 4.79 Å². The van der Waals surface area contributed by atoms with Crippen molar-refractivity contribution in [3.05, 3.63) is 46.2 Å². The average molecular weight is 430 g/mol. The van der Waals surface area contributed by atoms with Crippen LogP contribution in [0.25, 0.3) is 5.69 Å². The second-order valence-corrected chi connectivity index (χ2v) is 9.13. The molecule has 2 aliphatic rings. The Bertz CT molecular complexity index is 886. The molecule has 1 aromatic heterocycles. The Kier molecular flexibility index (Phi) is 6.46. The van der Waals surface area contributed by atoms with E-state index in [-0.39, 0.29) is 5.91 Å². The zero-order valence-corrected chi connectivity index (χ0v) is 19.0. The first-order valence-electron chi connectivity index (χ1n) is 10.9. The number of likely N-dealkylation sites (N-methyl/N-ethyl adjacent to an activating group) is 1. The van der Waals surface area contributed by atoms with Crippen molar-refractivity contribution in [2.45, 2.75) is 39.2 Å². The predicted octanol–water partition coefficient (Wildman–Crippen LogP) is 2.92. The standard InChI is InChI=1S/C23H32ClN5O/c1-17-22(18(2)29(25-17)20-8-6-19(24)7-9-20)15-23(30)28-13-11-27(12-14-28)21-5-4-10-26(3)16-21/h6-9,21H,4-5,10-16H2,1-3H3. The first-order chi connectivity index (χ1) is 14.4. The Labute approximate surface area is 184 Å². The van der Waals surface area contributed by atoms with E-state index in [1.807, 2.05) is 47.7 Å². The molecule has 0 N–H and O–H groups in total. The fourth-order valence-electron chi connectivity index (χ4n) is 4.80. The molecule has 7 heteroatoms. The van der Waals surface area contributed by atoms with Crippen LogP contribution in [0.15, 0.2) is 24.3 Å². The van der Waals surface area contributed by atoms with E-state index in [2.05, 4.69) is 21.9 Å². The second kappa shape index (κ2) is 9.08. The number of hydrogen-bond donors (Lipinski definition) is 0. The van der Waals surface area contributed by atoms with Gasteiger partial charge >= 0.3 is 0 Å². The maximum atomic E-state index is 13.0. The van der Waals surface area contributed by atoms with Gasteiger partial charge in [-0.2, -0.15) is 5.10 Å². The van der Waals surface area contributed by atoms with Crippen LogP contribution in [0.1, 0.15) is 29.8 Å². The Balaban J connectivity index is 1.38. The lowest BCUT2D eigenvalue weighted by molar-refractivity contribution is -0.132. The van der Waals surface area contributed by atoms with Crippen LogP contribution in [-0.2, 0) is 11.2 Å². The average Bonchev–Trinajstić information content (AvgIpc) is 3.02. The van der Waals surface area contributed by atoms with E-state index < -0.39 is 0 Å². The van der Waals surface area contributed by atoms with Gasteiger partial charge < -0.3 is 9.80 Å². The molecule has 4 rings (SSSR count). The maximum Gasteiger partial charge on any atom is 0.227 e. The Hall–Kier alpha value is -1.89. The SMILES string of the molecule is Cc1nn(-c2ccc(Cl)cc2)c(C)c1CC(=O)N1CCN(C2CCCN(C)C2)CC1. The van der Waals surface area contributed by atoms with Crippen LogP contribution >= 0.6 is 11.6 Å². The number of amides is 1. The molecule has 0 bridgehead atoms. The molecule has 0 radical (unpaired) electrons. The number of halogens is 1. The second-order valence-electron chi connectivity index (χ2n) is 8.69. The molecule has 1 aromatic carbocycles. The number of piperazine rings is 1. The number of piperidine rings is 1. The van der Waals surface area contributed by atoms with Crippen LogP contribution in [0.4, 0.5) is 0 Å². The zero-order valence-electron chi connectivity index (χ0n) is 18.3. The van der Waals surface area contributed by atoms with Crippen LogP contribution < -0.4 is 0 Å². The zero-order chi connectivity index (χ0) is 21.3. The molecule has 162 valence electrons. The number of benzene rings is 1. The Morgan fingerprint density at radius 1 is 1.10 bits per heavy atom. The third-order valence-electron chi connectivity index (χ3n) is 6.62. The maximum absolute atomic E-state index is 13.0. The fraction of sp³-hybridized carbons (Fsp3) is 0.565. The molecule has 1 unspecified atom stereocenters. The number of carbonyl (C=O) groups is 1. The highest BCUT2D eigenvalue weighted by Gasteiger charge is 2.29. The highest BCUT2D eigenvalue weighted by Crippen LogP contribution is 2.22. The number of nitrogens with zero attached hydrogens (tertiary/aromatic N) is 5. The lowest BCUT2D eigenvalue weighted by Gasteiger charge is -2.42. The van der Waals surface area contributed by atoms with E-state index in [0.29, 0.717) is 17.5 Å². The van der Waals surface area contributed by atoms with Crippen LogP contribution in [0.5, 0.6) is 0 Å². The molecule has 6 nitrogen and oxygen atoms in total. The Morgan fingerprint density at radius 3 is 2.47 bits per heavy atom. The summed E-state index contributed by atoms with van der Waals surface area (Å²) in [4.78, 5) is 20.1. The van der Waals surface area contributed by atoms with Crippen LogP contribution in [0.3, 0.4) is 0 Å². The largest absolute Gasteiger partial charge is 0.340 e. The molecule has 0 aliphatic carbocycles. The fourth-order valence-corrected chi connectivity index (χ4v) is 4.93. The van der Waals surface area contributed by atoms with E-state index in [4.69, 9.17) is 11.6 Å². The van der Waals surface area contributed by atoms with Crippen molar-refractivity contribution in [3.63, 3.8) is 0 Å². The van der Waals surface area contributed by atoms with Crippen molar-refractivity contribution < 1.29 is 4.79 Å². The molecule has 1 atom stereocenters. The third kappa shape index (κ3) is 4.56. The van der Waals surface area contributed by atoms with Gasteiger partial charge in [0.05, 0.1) is 17.8 Å². The number of rotatable bonds is 4. The highest BCUT2D eigenvalue weighted by atomic mass is 35.5. The van der Waals surface area contributed by atoms with Gasteiger partial charge in [-0.25, -0.2) is 4.68 Å². The molecule has 0 spiro atoms. The van der Waals surface area contributed by atoms with Crippen LogP contribution in [-0.4, -0.2) is 82.7 Å². The van der Waals surface area contributed by atoms with Crippen molar-refractivity contribution in [3.8, 4) is 5.69 Å². The summed E-state index contributed by atoms with van der Waals surface area (Å²) in [6, 6.07) is 8.27. The summed E-state index contributed by atoms with van der Waals surface area (Å²) < 4.78 is 1.91. The minimum Gasteiger partial charge on any atom is -0.340 e. The summed E-state index contributed by atoms with van der Waals surface area (Å²) in [6.07, 6.45) is 2.97. The number of likely N-dealkylation sites (tertiary alicyclic amines) is 1. The van der Waals surface area contributed by atoms with Gasteiger partial charge in [-0.3, -0.25) is 9.69 Å². The van der Waals surface area contributed by atoms with Crippen molar-refractivity contribution in [1.29, 1.82) is 0 Å². The van der Waals surface area contributed by atoms with Crippen molar-refractivity contribution >= 4 is 17.5 Å². The molecule has 1 amide bonds. The molecular formula is C23H32ClN5O. The van der Waals surface area contributed by atoms with E-state index in [1.54, 1.807) is 0 Å². The predicted molar refractivity (Wildman–Crippen MR) is 120 cm³/mol. The molecule has 30 heavy (non-hydrogen) atoms. The summed E-state index contributed by atoms with van der Waals surface area (Å²) in [7, 11) is 2.21. The van der Waals surface area contributed by atoms with Gasteiger partial charge in [0.1, 0.15) is 0 Å². The molecule has 2 aromatic rings. The summed E-state index contributed by atoms with van der Waals surface area (Å²) in [5, 5.41) is 5.38. The van der Waals surface area contributed by atoms with Crippen LogP contribution in [0, 0.1) is 13.8 Å². The monoisotopic (exact) mass is 429 g/mol. The van der Waals surface area contributed by atoms with E-state index in [0.717, 1.165) is 55.4 Å². The minimum atomic E-state index is 0.206. The van der Waals surface area contributed by atoms with Crippen molar-refractivity contribution in [2.75, 3.05) is 46.3 Å². The van der Waals surface area contributed by atoms with Gasteiger partial charge in [-0.05, 0) is 64.5 Å².